The van der Waals surface area contributed by atoms with Crippen LogP contribution in [0.15, 0.2) is 54.6 Å². The van der Waals surface area contributed by atoms with Gasteiger partial charge in [-0.25, -0.2) is 4.79 Å². The lowest BCUT2D eigenvalue weighted by Crippen LogP contribution is -2.29. The van der Waals surface area contributed by atoms with E-state index in [0.29, 0.717) is 11.5 Å². The molecule has 0 heterocycles. The van der Waals surface area contributed by atoms with E-state index in [4.69, 9.17) is 20.3 Å². The van der Waals surface area contributed by atoms with Crippen LogP contribution in [0, 0.1) is 0 Å². The topological polar surface area (TPSA) is 81.8 Å². The Morgan fingerprint density at radius 1 is 1.00 bits per heavy atom. The molecule has 0 spiro atoms. The minimum absolute atomic E-state index is 0.256. The van der Waals surface area contributed by atoms with Crippen molar-refractivity contribution >= 4 is 5.97 Å². The smallest absolute Gasteiger partial charge is 0.344 e. The molecule has 0 radical (unpaired) electrons. The van der Waals surface area contributed by atoms with Gasteiger partial charge in [0.1, 0.15) is 17.2 Å². The SMILES string of the molecule is NCCC(Oc1ccc(Oc2ccccc2)cc1)C(=O)O. The maximum Gasteiger partial charge on any atom is 0.344 e. The number of nitrogens with two attached hydrogens (primary N) is 1. The highest BCUT2D eigenvalue weighted by Crippen LogP contribution is 2.24. The second-order valence-corrected chi connectivity index (χ2v) is 4.41. The number of ether oxygens (including phenoxy) is 2. The zero-order valence-corrected chi connectivity index (χ0v) is 11.4. The highest BCUT2D eigenvalue weighted by molar-refractivity contribution is 5.72. The third-order valence-corrected chi connectivity index (χ3v) is 2.79. The molecule has 2 rings (SSSR count). The molecule has 110 valence electrons. The molecule has 0 saturated heterocycles. The van der Waals surface area contributed by atoms with Crippen molar-refractivity contribution in [2.75, 3.05) is 6.54 Å². The van der Waals surface area contributed by atoms with Gasteiger partial charge in [0.25, 0.3) is 0 Å². The molecule has 0 fully saturated rings. The lowest BCUT2D eigenvalue weighted by atomic mass is 10.2. The number of hydrogen-bond acceptors (Lipinski definition) is 4. The van der Waals surface area contributed by atoms with Gasteiger partial charge in [0.15, 0.2) is 6.10 Å². The fraction of sp³-hybridized carbons (Fsp3) is 0.188. The molecule has 1 unspecified atom stereocenters. The predicted octanol–water partition coefficient (Wildman–Crippen LogP) is 2.66. The highest BCUT2D eigenvalue weighted by Gasteiger charge is 2.18. The average Bonchev–Trinajstić information content (AvgIpc) is 2.49. The first-order valence-corrected chi connectivity index (χ1v) is 6.61. The van der Waals surface area contributed by atoms with Crippen LogP contribution in [0.4, 0.5) is 0 Å². The molecule has 0 aliphatic rings. The monoisotopic (exact) mass is 287 g/mol. The van der Waals surface area contributed by atoms with Gasteiger partial charge in [-0.15, -0.1) is 0 Å². The number of para-hydroxylation sites is 1. The first-order chi connectivity index (χ1) is 10.2. The summed E-state index contributed by atoms with van der Waals surface area (Å²) in [6.45, 7) is 0.256. The van der Waals surface area contributed by atoms with Crippen molar-refractivity contribution < 1.29 is 19.4 Å². The van der Waals surface area contributed by atoms with Crippen molar-refractivity contribution in [3.63, 3.8) is 0 Å². The summed E-state index contributed by atoms with van der Waals surface area (Å²) in [6.07, 6.45) is -0.673. The molecule has 0 aliphatic carbocycles. The summed E-state index contributed by atoms with van der Waals surface area (Å²) in [5.41, 5.74) is 5.37. The van der Waals surface area contributed by atoms with E-state index in [2.05, 4.69) is 0 Å². The summed E-state index contributed by atoms with van der Waals surface area (Å²) in [7, 11) is 0. The summed E-state index contributed by atoms with van der Waals surface area (Å²) < 4.78 is 11.0. The summed E-state index contributed by atoms with van der Waals surface area (Å²) in [6, 6.07) is 16.2. The summed E-state index contributed by atoms with van der Waals surface area (Å²) in [5.74, 6) is 0.832. The van der Waals surface area contributed by atoms with E-state index in [1.165, 1.54) is 0 Å². The molecule has 2 aromatic rings. The Bertz CT molecular complexity index is 569. The van der Waals surface area contributed by atoms with Crippen LogP contribution in [-0.4, -0.2) is 23.7 Å². The number of benzene rings is 2. The molecule has 0 aromatic heterocycles. The minimum atomic E-state index is -1.02. The van der Waals surface area contributed by atoms with Crippen LogP contribution in [0.1, 0.15) is 6.42 Å². The summed E-state index contributed by atoms with van der Waals surface area (Å²) >= 11 is 0. The number of carboxylic acids is 1. The second kappa shape index (κ2) is 7.31. The average molecular weight is 287 g/mol. The van der Waals surface area contributed by atoms with Crippen LogP contribution in [0.3, 0.4) is 0 Å². The van der Waals surface area contributed by atoms with Gasteiger partial charge in [-0.2, -0.15) is 0 Å². The number of carboxylic acid groups (broad SMARTS) is 1. The Hall–Kier alpha value is -2.53. The van der Waals surface area contributed by atoms with Crippen LogP contribution in [0.5, 0.6) is 17.2 Å². The summed E-state index contributed by atoms with van der Waals surface area (Å²) in [5, 5.41) is 9.01. The first kappa shape index (κ1) is 14.9. The molecule has 5 heteroatoms. The molecule has 3 N–H and O–H groups in total. The van der Waals surface area contributed by atoms with E-state index in [-0.39, 0.29) is 13.0 Å². The number of rotatable bonds is 7. The second-order valence-electron chi connectivity index (χ2n) is 4.41. The molecular formula is C16H17NO4. The van der Waals surface area contributed by atoms with Crippen molar-refractivity contribution in [1.82, 2.24) is 0 Å². The zero-order chi connectivity index (χ0) is 15.1. The van der Waals surface area contributed by atoms with Gasteiger partial charge in [0.05, 0.1) is 0 Å². The quantitative estimate of drug-likeness (QED) is 0.818. The van der Waals surface area contributed by atoms with Crippen LogP contribution in [0.2, 0.25) is 0 Å². The molecular weight excluding hydrogens is 270 g/mol. The van der Waals surface area contributed by atoms with E-state index in [9.17, 15) is 4.79 Å². The highest BCUT2D eigenvalue weighted by atomic mass is 16.5. The Morgan fingerprint density at radius 2 is 1.57 bits per heavy atom. The van der Waals surface area contributed by atoms with Crippen molar-refractivity contribution in [3.05, 3.63) is 54.6 Å². The molecule has 0 aliphatic heterocycles. The fourth-order valence-electron chi connectivity index (χ4n) is 1.76. The van der Waals surface area contributed by atoms with Gasteiger partial charge in [0, 0.05) is 6.42 Å². The maximum atomic E-state index is 11.0. The van der Waals surface area contributed by atoms with Gasteiger partial charge in [0.2, 0.25) is 0 Å². The Morgan fingerprint density at radius 3 is 2.14 bits per heavy atom. The Labute approximate surface area is 122 Å². The minimum Gasteiger partial charge on any atom is -0.479 e. The van der Waals surface area contributed by atoms with Gasteiger partial charge < -0.3 is 20.3 Å². The summed E-state index contributed by atoms with van der Waals surface area (Å²) in [4.78, 5) is 11.0. The predicted molar refractivity (Wildman–Crippen MR) is 78.7 cm³/mol. The van der Waals surface area contributed by atoms with E-state index in [1.807, 2.05) is 30.3 Å². The van der Waals surface area contributed by atoms with Crippen molar-refractivity contribution in [3.8, 4) is 17.2 Å². The lowest BCUT2D eigenvalue weighted by Gasteiger charge is -2.14. The largest absolute Gasteiger partial charge is 0.479 e. The van der Waals surface area contributed by atoms with Gasteiger partial charge in [-0.1, -0.05) is 18.2 Å². The first-order valence-electron chi connectivity index (χ1n) is 6.61. The van der Waals surface area contributed by atoms with Crippen LogP contribution in [0.25, 0.3) is 0 Å². The van der Waals surface area contributed by atoms with E-state index >= 15 is 0 Å². The molecule has 0 saturated carbocycles. The molecule has 0 amide bonds. The van der Waals surface area contributed by atoms with Crippen LogP contribution in [-0.2, 0) is 4.79 Å². The Balaban J connectivity index is 2.00. The number of hydrogen-bond donors (Lipinski definition) is 2. The normalized spacial score (nSPS) is 11.7. The maximum absolute atomic E-state index is 11.0. The van der Waals surface area contributed by atoms with E-state index < -0.39 is 12.1 Å². The zero-order valence-electron chi connectivity index (χ0n) is 11.4. The van der Waals surface area contributed by atoms with Gasteiger partial charge in [-0.05, 0) is 42.9 Å². The third-order valence-electron chi connectivity index (χ3n) is 2.79. The molecule has 5 nitrogen and oxygen atoms in total. The number of carbonyl (C=O) groups is 1. The van der Waals surface area contributed by atoms with Crippen molar-refractivity contribution in [2.45, 2.75) is 12.5 Å². The molecule has 21 heavy (non-hydrogen) atoms. The molecule has 2 aromatic carbocycles. The van der Waals surface area contributed by atoms with E-state index in [0.717, 1.165) is 5.75 Å². The lowest BCUT2D eigenvalue weighted by molar-refractivity contribution is -0.145. The van der Waals surface area contributed by atoms with Crippen LogP contribution >= 0.6 is 0 Å². The van der Waals surface area contributed by atoms with Gasteiger partial charge >= 0.3 is 5.97 Å². The molecule has 1 atom stereocenters. The van der Waals surface area contributed by atoms with E-state index in [1.54, 1.807) is 24.3 Å². The fourth-order valence-corrected chi connectivity index (χ4v) is 1.76. The number of aliphatic carboxylic acids is 1. The standard InChI is InChI=1S/C16H17NO4/c17-11-10-15(16(18)19)21-14-8-6-13(7-9-14)20-12-4-2-1-3-5-12/h1-9,15H,10-11,17H2,(H,18,19). The Kier molecular flexibility index (Phi) is 5.17. The van der Waals surface area contributed by atoms with Crippen molar-refractivity contribution in [2.24, 2.45) is 5.73 Å². The third kappa shape index (κ3) is 4.50. The van der Waals surface area contributed by atoms with Gasteiger partial charge in [-0.3, -0.25) is 0 Å². The van der Waals surface area contributed by atoms with Crippen molar-refractivity contribution in [1.29, 1.82) is 0 Å². The van der Waals surface area contributed by atoms with Crippen LogP contribution < -0.4 is 15.2 Å². The molecule has 0 bridgehead atoms.